The van der Waals surface area contributed by atoms with E-state index in [-0.39, 0.29) is 5.01 Å². The Morgan fingerprint density at radius 1 is 1.69 bits per heavy atom. The zero-order valence-corrected chi connectivity index (χ0v) is 8.23. The molecule has 0 saturated carbocycles. The molecule has 72 valence electrons. The molecule has 1 aromatic rings. The minimum absolute atomic E-state index is 0.0867. The van der Waals surface area contributed by atoms with Crippen LogP contribution in [0.15, 0.2) is 0 Å². The molecule has 1 aromatic heterocycles. The summed E-state index contributed by atoms with van der Waals surface area (Å²) in [5, 5.41) is 9.26. The number of nitrogens with zero attached hydrogens (tertiary/aromatic N) is 1. The molecule has 0 amide bonds. The highest BCUT2D eigenvalue weighted by atomic mass is 32.1. The maximum absolute atomic E-state index is 10.5. The second kappa shape index (κ2) is 4.23. The molecular formula is C8H12N2O2S. The first-order chi connectivity index (χ1) is 6.15. The van der Waals surface area contributed by atoms with E-state index in [1.807, 2.05) is 0 Å². The number of aryl methyl sites for hydroxylation is 1. The van der Waals surface area contributed by atoms with Crippen molar-refractivity contribution in [1.29, 1.82) is 0 Å². The van der Waals surface area contributed by atoms with Crippen molar-refractivity contribution in [2.45, 2.75) is 26.2 Å². The van der Waals surface area contributed by atoms with E-state index >= 15 is 0 Å². The number of aromatic nitrogens is 1. The lowest BCUT2D eigenvalue weighted by molar-refractivity contribution is 0.0696. The largest absolute Gasteiger partial charge is 0.476 e. The van der Waals surface area contributed by atoms with Crippen molar-refractivity contribution in [3.63, 3.8) is 0 Å². The van der Waals surface area contributed by atoms with E-state index < -0.39 is 5.97 Å². The summed E-state index contributed by atoms with van der Waals surface area (Å²) in [5.74, 6) is -1.00. The first kappa shape index (κ1) is 9.98. The highest BCUT2D eigenvalue weighted by molar-refractivity contribution is 7.17. The van der Waals surface area contributed by atoms with E-state index in [2.05, 4.69) is 11.9 Å². The van der Waals surface area contributed by atoms with Gasteiger partial charge in [-0.05, 0) is 12.8 Å². The molecule has 4 nitrogen and oxygen atoms in total. The topological polar surface area (TPSA) is 76.2 Å². The number of carbonyl (C=O) groups is 1. The third kappa shape index (κ3) is 2.42. The molecule has 5 heteroatoms. The van der Waals surface area contributed by atoms with Gasteiger partial charge in [-0.3, -0.25) is 0 Å². The van der Waals surface area contributed by atoms with Crippen LogP contribution < -0.4 is 5.73 Å². The predicted molar refractivity (Wildman–Crippen MR) is 52.1 cm³/mol. The molecule has 1 heterocycles. The monoisotopic (exact) mass is 200 g/mol. The fraction of sp³-hybridized carbons (Fsp3) is 0.500. The number of hydrogen-bond acceptors (Lipinski definition) is 4. The van der Waals surface area contributed by atoms with Crippen molar-refractivity contribution in [2.75, 3.05) is 5.73 Å². The Labute approximate surface area is 80.4 Å². The molecule has 13 heavy (non-hydrogen) atoms. The number of anilines is 1. The minimum Gasteiger partial charge on any atom is -0.476 e. The van der Waals surface area contributed by atoms with E-state index in [1.165, 1.54) is 0 Å². The second-order valence-electron chi connectivity index (χ2n) is 2.74. The highest BCUT2D eigenvalue weighted by Gasteiger charge is 2.12. The fourth-order valence-electron chi connectivity index (χ4n) is 0.978. The van der Waals surface area contributed by atoms with Crippen LogP contribution in [0, 0.1) is 0 Å². The van der Waals surface area contributed by atoms with Gasteiger partial charge >= 0.3 is 5.97 Å². The van der Waals surface area contributed by atoms with Crippen molar-refractivity contribution in [1.82, 2.24) is 4.98 Å². The van der Waals surface area contributed by atoms with Crippen molar-refractivity contribution < 1.29 is 9.90 Å². The van der Waals surface area contributed by atoms with Crippen LogP contribution in [0.25, 0.3) is 0 Å². The van der Waals surface area contributed by atoms with E-state index in [9.17, 15) is 4.79 Å². The van der Waals surface area contributed by atoms with Gasteiger partial charge in [0.1, 0.15) is 5.00 Å². The average Bonchev–Trinajstić information content (AvgIpc) is 2.44. The number of nitrogen functional groups attached to an aromatic ring is 1. The highest BCUT2D eigenvalue weighted by Crippen LogP contribution is 2.22. The Hall–Kier alpha value is -1.10. The van der Waals surface area contributed by atoms with Crippen molar-refractivity contribution >= 4 is 22.3 Å². The van der Waals surface area contributed by atoms with Crippen molar-refractivity contribution in [3.05, 3.63) is 10.7 Å². The Balaban J connectivity index is 2.77. The number of aromatic carboxylic acids is 1. The molecule has 0 aliphatic rings. The molecule has 0 aliphatic carbocycles. The summed E-state index contributed by atoms with van der Waals surface area (Å²) < 4.78 is 0. The van der Waals surface area contributed by atoms with Gasteiger partial charge in [0.15, 0.2) is 0 Å². The molecule has 0 fully saturated rings. The third-order valence-electron chi connectivity index (χ3n) is 1.68. The number of nitrogens with two attached hydrogens (primary N) is 1. The summed E-state index contributed by atoms with van der Waals surface area (Å²) in [7, 11) is 0. The van der Waals surface area contributed by atoms with Crippen LogP contribution in [0.3, 0.4) is 0 Å². The Morgan fingerprint density at radius 3 is 2.85 bits per heavy atom. The number of rotatable bonds is 4. The maximum Gasteiger partial charge on any atom is 0.365 e. The van der Waals surface area contributed by atoms with E-state index in [4.69, 9.17) is 10.8 Å². The van der Waals surface area contributed by atoms with E-state index in [1.54, 1.807) is 0 Å². The van der Waals surface area contributed by atoms with Gasteiger partial charge in [-0.2, -0.15) is 0 Å². The molecule has 0 unspecified atom stereocenters. The summed E-state index contributed by atoms with van der Waals surface area (Å²) in [6, 6.07) is 0. The predicted octanol–water partition coefficient (Wildman–Crippen LogP) is 1.77. The van der Waals surface area contributed by atoms with Gasteiger partial charge in [0.25, 0.3) is 0 Å². The van der Waals surface area contributed by atoms with Crippen LogP contribution in [0.1, 0.15) is 35.3 Å². The third-order valence-corrected chi connectivity index (χ3v) is 2.59. The van der Waals surface area contributed by atoms with Crippen molar-refractivity contribution in [2.24, 2.45) is 0 Å². The van der Waals surface area contributed by atoms with Crippen LogP contribution in [0.5, 0.6) is 0 Å². The van der Waals surface area contributed by atoms with Crippen LogP contribution in [0.4, 0.5) is 5.00 Å². The number of carboxylic acid groups (broad SMARTS) is 1. The Bertz CT molecular complexity index is 309. The molecule has 0 atom stereocenters. The average molecular weight is 200 g/mol. The van der Waals surface area contributed by atoms with Crippen LogP contribution in [0.2, 0.25) is 0 Å². The lowest BCUT2D eigenvalue weighted by Gasteiger charge is -1.93. The smallest absolute Gasteiger partial charge is 0.365 e. The SMILES string of the molecule is CCCCc1nc(C(=O)O)sc1N. The van der Waals surface area contributed by atoms with E-state index in [0.29, 0.717) is 5.00 Å². The second-order valence-corrected chi connectivity index (χ2v) is 3.77. The van der Waals surface area contributed by atoms with Gasteiger partial charge in [0.05, 0.1) is 5.69 Å². The van der Waals surface area contributed by atoms with Crippen LogP contribution in [-0.4, -0.2) is 16.1 Å². The molecule has 0 bridgehead atoms. The molecule has 3 N–H and O–H groups in total. The quantitative estimate of drug-likeness (QED) is 0.776. The van der Waals surface area contributed by atoms with Gasteiger partial charge in [0, 0.05) is 0 Å². The molecule has 0 aromatic carbocycles. The van der Waals surface area contributed by atoms with Crippen molar-refractivity contribution in [3.8, 4) is 0 Å². The molecule has 1 rings (SSSR count). The fourth-order valence-corrected chi connectivity index (χ4v) is 1.70. The number of carboxylic acids is 1. The summed E-state index contributed by atoms with van der Waals surface area (Å²) in [4.78, 5) is 14.5. The number of unbranched alkanes of at least 4 members (excludes halogenated alkanes) is 1. The summed E-state index contributed by atoms with van der Waals surface area (Å²) in [6.07, 6.45) is 2.82. The lowest BCUT2D eigenvalue weighted by Crippen LogP contribution is -1.96. The van der Waals surface area contributed by atoms with Gasteiger partial charge < -0.3 is 10.8 Å². The van der Waals surface area contributed by atoms with Gasteiger partial charge in [-0.15, -0.1) is 0 Å². The summed E-state index contributed by atoms with van der Waals surface area (Å²) in [6.45, 7) is 2.07. The standard InChI is InChI=1S/C8H12N2O2S/c1-2-3-4-5-6(9)13-7(10-5)8(11)12/h2-4,9H2,1H3,(H,11,12). The maximum atomic E-state index is 10.5. The van der Waals surface area contributed by atoms with Crippen LogP contribution >= 0.6 is 11.3 Å². The Kier molecular flexibility index (Phi) is 3.25. The zero-order valence-electron chi connectivity index (χ0n) is 7.41. The molecule has 0 spiro atoms. The zero-order chi connectivity index (χ0) is 9.84. The first-order valence-electron chi connectivity index (χ1n) is 4.13. The first-order valence-corrected chi connectivity index (χ1v) is 4.95. The molecular weight excluding hydrogens is 188 g/mol. The van der Waals surface area contributed by atoms with Crippen LogP contribution in [-0.2, 0) is 6.42 Å². The summed E-state index contributed by atoms with van der Waals surface area (Å²) in [5.41, 5.74) is 6.34. The lowest BCUT2D eigenvalue weighted by atomic mass is 10.2. The Morgan fingerprint density at radius 2 is 2.38 bits per heavy atom. The minimum atomic E-state index is -1.00. The van der Waals surface area contributed by atoms with E-state index in [0.717, 1.165) is 36.3 Å². The number of hydrogen-bond donors (Lipinski definition) is 2. The van der Waals surface area contributed by atoms with Gasteiger partial charge in [-0.25, -0.2) is 9.78 Å². The summed E-state index contributed by atoms with van der Waals surface area (Å²) >= 11 is 1.04. The number of thiazole rings is 1. The van der Waals surface area contributed by atoms with Gasteiger partial charge in [-0.1, -0.05) is 24.7 Å². The normalized spacial score (nSPS) is 10.2. The molecule has 0 saturated heterocycles. The van der Waals surface area contributed by atoms with Gasteiger partial charge in [0.2, 0.25) is 5.01 Å². The molecule has 0 radical (unpaired) electrons. The molecule has 0 aliphatic heterocycles.